The van der Waals surface area contributed by atoms with Gasteiger partial charge in [0.2, 0.25) is 6.61 Å². The van der Waals surface area contributed by atoms with Crippen LogP contribution in [0.5, 0.6) is 0 Å². The molecule has 0 unspecified atom stereocenters. The van der Waals surface area contributed by atoms with Gasteiger partial charge in [-0.3, -0.25) is 14.4 Å². The molecule has 0 spiro atoms. The number of imide groups is 1. The molecule has 1 saturated heterocycles. The highest BCUT2D eigenvalue weighted by Crippen LogP contribution is 2.66. The Morgan fingerprint density at radius 2 is 1.74 bits per heavy atom. The molecule has 35 heavy (non-hydrogen) atoms. The molecule has 5 rings (SSSR count). The molecule has 0 bridgehead atoms. The minimum Gasteiger partial charge on any atom is -0.383 e. The predicted molar refractivity (Wildman–Crippen MR) is 126 cm³/mol. The monoisotopic (exact) mass is 484 g/mol. The Kier molecular flexibility index (Phi) is 6.12. The summed E-state index contributed by atoms with van der Waals surface area (Å²) in [5, 5.41) is 4.69. The number of allylic oxidation sites excluding steroid dienone is 2. The number of nitrogens with zero attached hydrogens (tertiary/aromatic N) is 2. The lowest BCUT2D eigenvalue weighted by atomic mass is 9.46. The lowest BCUT2D eigenvalue weighted by molar-refractivity contribution is -0.200. The van der Waals surface area contributed by atoms with E-state index in [0.717, 1.165) is 44.2 Å². The number of amides is 2. The molecule has 0 aromatic rings. The average Bonchev–Trinajstić information content (AvgIpc) is 3.33. The summed E-state index contributed by atoms with van der Waals surface area (Å²) < 4.78 is 0. The van der Waals surface area contributed by atoms with Gasteiger partial charge < -0.3 is 9.68 Å². The molecule has 4 aliphatic carbocycles. The third kappa shape index (κ3) is 4.02. The van der Waals surface area contributed by atoms with E-state index in [1.165, 1.54) is 18.4 Å². The van der Waals surface area contributed by atoms with E-state index in [0.29, 0.717) is 28.6 Å². The quantitative estimate of drug-likeness (QED) is 0.429. The van der Waals surface area contributed by atoms with Gasteiger partial charge in [0, 0.05) is 18.8 Å². The fraction of sp³-hybridized carbons (Fsp3) is 0.741. The molecule has 5 aliphatic rings. The van der Waals surface area contributed by atoms with Crippen molar-refractivity contribution >= 4 is 29.3 Å². The smallest absolute Gasteiger partial charge is 0.373 e. The Bertz CT molecular complexity index is 1000. The van der Waals surface area contributed by atoms with Crippen LogP contribution >= 0.6 is 0 Å². The van der Waals surface area contributed by atoms with Gasteiger partial charge in [-0.05, 0) is 93.0 Å². The van der Waals surface area contributed by atoms with Crippen molar-refractivity contribution in [2.45, 2.75) is 85.0 Å². The second kappa shape index (κ2) is 8.86. The van der Waals surface area contributed by atoms with Gasteiger partial charge in [-0.25, -0.2) is 4.79 Å². The fourth-order valence-corrected chi connectivity index (χ4v) is 8.26. The first-order valence-corrected chi connectivity index (χ1v) is 13.1. The number of ketones is 1. The van der Waals surface area contributed by atoms with Crippen LogP contribution in [0.15, 0.2) is 16.8 Å². The van der Waals surface area contributed by atoms with Crippen LogP contribution in [-0.2, 0) is 28.9 Å². The van der Waals surface area contributed by atoms with E-state index in [-0.39, 0.29) is 29.6 Å². The minimum atomic E-state index is -0.822. The Morgan fingerprint density at radius 3 is 2.46 bits per heavy atom. The number of carbonyl (C=O) groups is 4. The topological polar surface area (TPSA) is 102 Å². The maximum Gasteiger partial charge on any atom is 0.373 e. The summed E-state index contributed by atoms with van der Waals surface area (Å²) in [6, 6.07) is 0. The van der Waals surface area contributed by atoms with Crippen molar-refractivity contribution in [3.8, 4) is 0 Å². The standard InChI is InChI=1S/C27H36N2O6/c1-16(30)20-6-7-21-19-5-4-17-14-18(10-12-26(17,2)22(19)11-13-27(20,21)3)28-34-15-25(33)35-29-23(31)8-9-24(29)32/h14,19-22H,4-13,15H2,1-3H3/b28-18-/t19-,20-,21+,22-,26+,27-/m1/s1. The number of rotatable bonds is 5. The Morgan fingerprint density at radius 1 is 1.00 bits per heavy atom. The van der Waals surface area contributed by atoms with Crippen molar-refractivity contribution in [2.75, 3.05) is 6.61 Å². The van der Waals surface area contributed by atoms with Gasteiger partial charge >= 0.3 is 5.97 Å². The number of oxime groups is 1. The van der Waals surface area contributed by atoms with Gasteiger partial charge in [-0.1, -0.05) is 24.6 Å². The normalized spacial score (nSPS) is 39.6. The van der Waals surface area contributed by atoms with Gasteiger partial charge in [-0.15, -0.1) is 5.06 Å². The zero-order valence-electron chi connectivity index (χ0n) is 21.0. The Labute approximate surface area is 206 Å². The fourth-order valence-electron chi connectivity index (χ4n) is 8.26. The first kappa shape index (κ1) is 24.2. The van der Waals surface area contributed by atoms with E-state index in [1.54, 1.807) is 6.92 Å². The van der Waals surface area contributed by atoms with Crippen LogP contribution in [0.1, 0.15) is 85.0 Å². The van der Waals surface area contributed by atoms with Gasteiger partial charge in [0.05, 0.1) is 5.71 Å². The number of carbonyl (C=O) groups excluding carboxylic acids is 4. The molecule has 0 N–H and O–H groups in total. The number of Topliss-reactive ketones (excluding diaryl/α,β-unsaturated/α-hetero) is 1. The lowest BCUT2D eigenvalue weighted by Crippen LogP contribution is -2.51. The second-order valence-electron chi connectivity index (χ2n) is 11.7. The highest BCUT2D eigenvalue weighted by atomic mass is 16.7. The summed E-state index contributed by atoms with van der Waals surface area (Å²) >= 11 is 0. The highest BCUT2D eigenvalue weighted by molar-refractivity contribution is 6.01. The third-order valence-corrected chi connectivity index (χ3v) is 10.0. The molecule has 4 fully saturated rings. The second-order valence-corrected chi connectivity index (χ2v) is 11.7. The predicted octanol–water partition coefficient (Wildman–Crippen LogP) is 4.13. The van der Waals surface area contributed by atoms with Crippen LogP contribution in [-0.4, -0.2) is 40.9 Å². The van der Waals surface area contributed by atoms with Gasteiger partial charge in [0.1, 0.15) is 5.78 Å². The summed E-state index contributed by atoms with van der Waals surface area (Å²) in [7, 11) is 0. The highest BCUT2D eigenvalue weighted by Gasteiger charge is 2.59. The van der Waals surface area contributed by atoms with E-state index in [9.17, 15) is 19.2 Å². The van der Waals surface area contributed by atoms with Gasteiger partial charge in [0.15, 0.2) is 0 Å². The number of hydroxylamine groups is 2. The Balaban J connectivity index is 1.22. The lowest BCUT2D eigenvalue weighted by Gasteiger charge is -2.58. The van der Waals surface area contributed by atoms with E-state index in [4.69, 9.17) is 9.68 Å². The molecule has 8 heteroatoms. The van der Waals surface area contributed by atoms with Gasteiger partial charge in [-0.2, -0.15) is 0 Å². The molecule has 3 saturated carbocycles. The van der Waals surface area contributed by atoms with Crippen molar-refractivity contribution < 1.29 is 28.9 Å². The summed E-state index contributed by atoms with van der Waals surface area (Å²) in [6.07, 6.45) is 10.8. The molecule has 8 nitrogen and oxygen atoms in total. The minimum absolute atomic E-state index is 0.0563. The van der Waals surface area contributed by atoms with E-state index in [2.05, 4.69) is 25.1 Å². The van der Waals surface area contributed by atoms with Crippen molar-refractivity contribution in [1.29, 1.82) is 0 Å². The Hall–Kier alpha value is -2.51. The summed E-state index contributed by atoms with van der Waals surface area (Å²) in [5.41, 5.74) is 2.55. The van der Waals surface area contributed by atoms with Crippen LogP contribution in [0.25, 0.3) is 0 Å². The summed E-state index contributed by atoms with van der Waals surface area (Å²) in [5.74, 6) is 0.716. The van der Waals surface area contributed by atoms with E-state index < -0.39 is 24.4 Å². The van der Waals surface area contributed by atoms with Crippen LogP contribution in [0.2, 0.25) is 0 Å². The van der Waals surface area contributed by atoms with Crippen molar-refractivity contribution in [3.63, 3.8) is 0 Å². The van der Waals surface area contributed by atoms with E-state index >= 15 is 0 Å². The van der Waals surface area contributed by atoms with Crippen molar-refractivity contribution in [2.24, 2.45) is 39.7 Å². The van der Waals surface area contributed by atoms with Crippen molar-refractivity contribution in [3.05, 3.63) is 11.6 Å². The molecule has 0 aromatic heterocycles. The molecular formula is C27H36N2O6. The zero-order chi connectivity index (χ0) is 25.0. The SMILES string of the molecule is CC(=O)[C@H]1CC[C@H]2[C@H]3CCC4=C/C(=N\OCC(=O)ON5C(=O)CCC5=O)CC[C@]4(C)[C@@H]3CC[C@]12C. The number of hydrogen-bond acceptors (Lipinski definition) is 7. The molecule has 0 aromatic carbocycles. The third-order valence-electron chi connectivity index (χ3n) is 10.0. The van der Waals surface area contributed by atoms with Crippen molar-refractivity contribution in [1.82, 2.24) is 5.06 Å². The molecular weight excluding hydrogens is 448 g/mol. The van der Waals surface area contributed by atoms with Crippen LogP contribution in [0, 0.1) is 34.5 Å². The molecule has 1 aliphatic heterocycles. The van der Waals surface area contributed by atoms with E-state index in [1.807, 2.05) is 0 Å². The van der Waals surface area contributed by atoms with Crippen LogP contribution < -0.4 is 0 Å². The maximum absolute atomic E-state index is 12.3. The van der Waals surface area contributed by atoms with Gasteiger partial charge in [0.25, 0.3) is 11.8 Å². The summed E-state index contributed by atoms with van der Waals surface area (Å²) in [4.78, 5) is 57.5. The number of fused-ring (bicyclic) bond motifs is 5. The maximum atomic E-state index is 12.3. The average molecular weight is 485 g/mol. The molecule has 2 amide bonds. The molecule has 1 heterocycles. The molecule has 6 atom stereocenters. The first-order chi connectivity index (χ1) is 16.6. The largest absolute Gasteiger partial charge is 0.383 e. The molecule has 190 valence electrons. The zero-order valence-corrected chi connectivity index (χ0v) is 21.0. The summed E-state index contributed by atoms with van der Waals surface area (Å²) in [6.45, 7) is 6.12. The molecule has 0 radical (unpaired) electrons. The number of hydrogen-bond donors (Lipinski definition) is 0. The first-order valence-electron chi connectivity index (χ1n) is 13.1. The van der Waals surface area contributed by atoms with Crippen LogP contribution in [0.3, 0.4) is 0 Å². The van der Waals surface area contributed by atoms with Crippen LogP contribution in [0.4, 0.5) is 0 Å².